The van der Waals surface area contributed by atoms with E-state index in [9.17, 15) is 9.18 Å². The molecule has 4 rings (SSSR count). The SMILES string of the molecule is Cc1ccc(NC(=O)c2ccc(N3CCN(c4ccc(F)cc4)CC3)nn2)cc1. The molecule has 0 bridgehead atoms. The van der Waals surface area contributed by atoms with E-state index in [1.807, 2.05) is 37.3 Å². The zero-order valence-corrected chi connectivity index (χ0v) is 16.2. The van der Waals surface area contributed by atoms with Crippen molar-refractivity contribution in [3.63, 3.8) is 0 Å². The van der Waals surface area contributed by atoms with E-state index in [4.69, 9.17) is 0 Å². The molecule has 1 aliphatic rings. The van der Waals surface area contributed by atoms with Gasteiger partial charge in [0.25, 0.3) is 5.91 Å². The molecule has 0 unspecified atom stereocenters. The molecule has 148 valence electrons. The summed E-state index contributed by atoms with van der Waals surface area (Å²) in [4.78, 5) is 16.7. The van der Waals surface area contributed by atoms with Crippen molar-refractivity contribution in [1.29, 1.82) is 0 Å². The van der Waals surface area contributed by atoms with Crippen LogP contribution in [0.2, 0.25) is 0 Å². The van der Waals surface area contributed by atoms with Crippen LogP contribution in [0.1, 0.15) is 16.1 Å². The number of amides is 1. The Morgan fingerprint density at radius 2 is 1.52 bits per heavy atom. The molecule has 0 spiro atoms. The van der Waals surface area contributed by atoms with E-state index in [1.165, 1.54) is 12.1 Å². The molecule has 29 heavy (non-hydrogen) atoms. The fourth-order valence-electron chi connectivity index (χ4n) is 3.29. The molecule has 0 radical (unpaired) electrons. The summed E-state index contributed by atoms with van der Waals surface area (Å²) < 4.78 is 13.1. The van der Waals surface area contributed by atoms with Crippen LogP contribution in [0.15, 0.2) is 60.7 Å². The van der Waals surface area contributed by atoms with Gasteiger partial charge < -0.3 is 15.1 Å². The van der Waals surface area contributed by atoms with Gasteiger partial charge in [-0.05, 0) is 55.5 Å². The maximum atomic E-state index is 13.1. The third kappa shape index (κ3) is 4.51. The van der Waals surface area contributed by atoms with E-state index < -0.39 is 0 Å². The molecular formula is C22H22FN5O. The molecule has 7 heteroatoms. The third-order valence-corrected chi connectivity index (χ3v) is 4.99. The van der Waals surface area contributed by atoms with Gasteiger partial charge in [0.2, 0.25) is 0 Å². The first-order valence-corrected chi connectivity index (χ1v) is 9.56. The Morgan fingerprint density at radius 3 is 2.14 bits per heavy atom. The van der Waals surface area contributed by atoms with Crippen LogP contribution in [0.3, 0.4) is 0 Å². The predicted octanol–water partition coefficient (Wildman–Crippen LogP) is 3.50. The van der Waals surface area contributed by atoms with E-state index in [0.717, 1.165) is 48.9 Å². The maximum absolute atomic E-state index is 13.1. The van der Waals surface area contributed by atoms with Gasteiger partial charge in [-0.3, -0.25) is 4.79 Å². The van der Waals surface area contributed by atoms with Gasteiger partial charge in [-0.2, -0.15) is 0 Å². The van der Waals surface area contributed by atoms with Crippen LogP contribution < -0.4 is 15.1 Å². The Balaban J connectivity index is 1.35. The first kappa shape index (κ1) is 18.9. The number of anilines is 3. The van der Waals surface area contributed by atoms with Gasteiger partial charge in [0.05, 0.1) is 0 Å². The molecule has 3 aromatic rings. The van der Waals surface area contributed by atoms with Crippen LogP contribution in [-0.2, 0) is 0 Å². The maximum Gasteiger partial charge on any atom is 0.276 e. The number of halogens is 1. The fourth-order valence-corrected chi connectivity index (χ4v) is 3.29. The summed E-state index contributed by atoms with van der Waals surface area (Å²) in [7, 11) is 0. The number of hydrogen-bond donors (Lipinski definition) is 1. The number of carbonyl (C=O) groups is 1. The number of hydrogen-bond acceptors (Lipinski definition) is 5. The number of piperazine rings is 1. The standard InChI is InChI=1S/C22H22FN5O/c1-16-2-6-18(7-3-16)24-22(29)20-10-11-21(26-25-20)28-14-12-27(13-15-28)19-8-4-17(23)5-9-19/h2-11H,12-15H2,1H3,(H,24,29). The Labute approximate surface area is 169 Å². The van der Waals surface area contributed by atoms with Gasteiger partial charge in [-0.25, -0.2) is 4.39 Å². The average molecular weight is 391 g/mol. The summed E-state index contributed by atoms with van der Waals surface area (Å²) in [6.45, 7) is 5.17. The number of aromatic nitrogens is 2. The third-order valence-electron chi connectivity index (χ3n) is 4.99. The summed E-state index contributed by atoms with van der Waals surface area (Å²) in [6, 6.07) is 17.7. The van der Waals surface area contributed by atoms with Crippen molar-refractivity contribution in [1.82, 2.24) is 10.2 Å². The normalized spacial score (nSPS) is 14.0. The van der Waals surface area contributed by atoms with Gasteiger partial charge in [0.1, 0.15) is 5.82 Å². The molecule has 6 nitrogen and oxygen atoms in total. The summed E-state index contributed by atoms with van der Waals surface area (Å²) in [6.07, 6.45) is 0. The van der Waals surface area contributed by atoms with E-state index in [-0.39, 0.29) is 17.4 Å². The molecule has 1 N–H and O–H groups in total. The van der Waals surface area contributed by atoms with Crippen LogP contribution in [0.25, 0.3) is 0 Å². The second-order valence-corrected chi connectivity index (χ2v) is 7.05. The van der Waals surface area contributed by atoms with E-state index in [0.29, 0.717) is 0 Å². The lowest BCUT2D eigenvalue weighted by atomic mass is 10.2. The zero-order valence-electron chi connectivity index (χ0n) is 16.2. The van der Waals surface area contributed by atoms with Crippen molar-refractivity contribution in [3.05, 3.63) is 77.7 Å². The first-order chi connectivity index (χ1) is 14.1. The molecule has 1 aromatic heterocycles. The smallest absolute Gasteiger partial charge is 0.276 e. The molecule has 1 saturated heterocycles. The molecule has 0 atom stereocenters. The van der Waals surface area contributed by atoms with Crippen molar-refractivity contribution in [2.24, 2.45) is 0 Å². The minimum absolute atomic E-state index is 0.228. The van der Waals surface area contributed by atoms with Crippen molar-refractivity contribution < 1.29 is 9.18 Å². The van der Waals surface area contributed by atoms with E-state index >= 15 is 0 Å². The second-order valence-electron chi connectivity index (χ2n) is 7.05. The summed E-state index contributed by atoms with van der Waals surface area (Å²) >= 11 is 0. The van der Waals surface area contributed by atoms with Gasteiger partial charge in [0, 0.05) is 37.6 Å². The van der Waals surface area contributed by atoms with Crippen molar-refractivity contribution in [3.8, 4) is 0 Å². The molecule has 0 saturated carbocycles. The highest BCUT2D eigenvalue weighted by atomic mass is 19.1. The summed E-state index contributed by atoms with van der Waals surface area (Å²) in [5, 5.41) is 11.2. The highest BCUT2D eigenvalue weighted by Gasteiger charge is 2.19. The number of rotatable bonds is 4. The molecule has 1 fully saturated rings. The van der Waals surface area contributed by atoms with Crippen molar-refractivity contribution in [2.45, 2.75) is 6.92 Å². The molecule has 0 aliphatic carbocycles. The minimum Gasteiger partial charge on any atom is -0.368 e. The number of carbonyl (C=O) groups excluding carboxylic acids is 1. The minimum atomic E-state index is -0.283. The Bertz CT molecular complexity index is 966. The lowest BCUT2D eigenvalue weighted by Crippen LogP contribution is -2.46. The molecular weight excluding hydrogens is 369 g/mol. The van der Waals surface area contributed by atoms with Gasteiger partial charge in [0.15, 0.2) is 11.5 Å². The van der Waals surface area contributed by atoms with Crippen LogP contribution in [0, 0.1) is 12.7 Å². The number of aryl methyl sites for hydroxylation is 1. The van der Waals surface area contributed by atoms with Crippen LogP contribution >= 0.6 is 0 Å². The fraction of sp³-hybridized carbons (Fsp3) is 0.227. The Kier molecular flexibility index (Phi) is 5.37. The van der Waals surface area contributed by atoms with Gasteiger partial charge >= 0.3 is 0 Å². The summed E-state index contributed by atoms with van der Waals surface area (Å²) in [5.41, 5.74) is 3.15. The summed E-state index contributed by atoms with van der Waals surface area (Å²) in [5.74, 6) is 0.235. The van der Waals surface area contributed by atoms with Crippen molar-refractivity contribution in [2.75, 3.05) is 41.3 Å². The first-order valence-electron chi connectivity index (χ1n) is 9.56. The predicted molar refractivity (Wildman–Crippen MR) is 112 cm³/mol. The molecule has 1 aliphatic heterocycles. The number of nitrogens with zero attached hydrogens (tertiary/aromatic N) is 4. The van der Waals surface area contributed by atoms with Crippen LogP contribution in [-0.4, -0.2) is 42.3 Å². The Hall–Kier alpha value is -3.48. The number of nitrogens with one attached hydrogen (secondary N) is 1. The topological polar surface area (TPSA) is 61.4 Å². The van der Waals surface area contributed by atoms with Crippen LogP contribution in [0.5, 0.6) is 0 Å². The largest absolute Gasteiger partial charge is 0.368 e. The highest BCUT2D eigenvalue weighted by molar-refractivity contribution is 6.02. The quantitative estimate of drug-likeness (QED) is 0.738. The zero-order chi connectivity index (χ0) is 20.2. The monoisotopic (exact) mass is 391 g/mol. The highest BCUT2D eigenvalue weighted by Crippen LogP contribution is 2.19. The average Bonchev–Trinajstić information content (AvgIpc) is 2.76. The molecule has 2 aromatic carbocycles. The molecule has 2 heterocycles. The second kappa shape index (κ2) is 8.26. The van der Waals surface area contributed by atoms with E-state index in [1.54, 1.807) is 18.2 Å². The number of benzene rings is 2. The Morgan fingerprint density at radius 1 is 0.862 bits per heavy atom. The van der Waals surface area contributed by atoms with Gasteiger partial charge in [-0.15, -0.1) is 10.2 Å². The van der Waals surface area contributed by atoms with Gasteiger partial charge in [-0.1, -0.05) is 17.7 Å². The van der Waals surface area contributed by atoms with E-state index in [2.05, 4.69) is 25.3 Å². The lowest BCUT2D eigenvalue weighted by molar-refractivity contribution is 0.102. The lowest BCUT2D eigenvalue weighted by Gasteiger charge is -2.36. The van der Waals surface area contributed by atoms with Crippen LogP contribution in [0.4, 0.5) is 21.6 Å². The molecule has 1 amide bonds. The van der Waals surface area contributed by atoms with Crippen molar-refractivity contribution >= 4 is 23.1 Å².